The number of nitrogens with one attached hydrogen (secondary N) is 2. The molecule has 0 radical (unpaired) electrons. The lowest BCUT2D eigenvalue weighted by Gasteiger charge is -2.29. The van der Waals surface area contributed by atoms with Crippen molar-refractivity contribution < 1.29 is 22.7 Å². The Bertz CT molecular complexity index is 489. The summed E-state index contributed by atoms with van der Waals surface area (Å²) in [6.45, 7) is 2.13. The molecule has 0 aliphatic heterocycles. The Morgan fingerprint density at radius 2 is 2.24 bits per heavy atom. The van der Waals surface area contributed by atoms with E-state index < -0.39 is 23.9 Å². The normalized spacial score (nSPS) is 22.9. The lowest BCUT2D eigenvalue weighted by molar-refractivity contribution is -0.185. The first kappa shape index (κ1) is 15.6. The van der Waals surface area contributed by atoms with Crippen molar-refractivity contribution in [1.29, 1.82) is 0 Å². The Morgan fingerprint density at radius 3 is 2.90 bits per heavy atom. The molecule has 2 unspecified atom stereocenters. The van der Waals surface area contributed by atoms with Crippen LogP contribution in [0.25, 0.3) is 0 Å². The van der Waals surface area contributed by atoms with Crippen molar-refractivity contribution in [3.8, 4) is 6.01 Å². The zero-order chi connectivity index (χ0) is 15.5. The summed E-state index contributed by atoms with van der Waals surface area (Å²) in [6.07, 6.45) is -3.49. The lowest BCUT2D eigenvalue weighted by atomic mass is 9.80. The summed E-state index contributed by atoms with van der Waals surface area (Å²) in [4.78, 5) is 15.9. The molecule has 0 spiro atoms. The van der Waals surface area contributed by atoms with Gasteiger partial charge in [0.25, 0.3) is 0 Å². The fraction of sp³-hybridized carbons (Fsp3) is 0.750. The van der Waals surface area contributed by atoms with Crippen LogP contribution in [-0.2, 0) is 4.79 Å². The van der Waals surface area contributed by atoms with Crippen LogP contribution in [0.2, 0.25) is 0 Å². The van der Waals surface area contributed by atoms with Gasteiger partial charge in [-0.15, -0.1) is 5.10 Å². The molecular formula is C12H17F3N4O2. The largest absolute Gasteiger partial charge is 0.463 e. The maximum atomic E-state index is 12.7. The van der Waals surface area contributed by atoms with Gasteiger partial charge in [-0.05, 0) is 26.2 Å². The van der Waals surface area contributed by atoms with Crippen molar-refractivity contribution in [3.05, 3.63) is 0 Å². The van der Waals surface area contributed by atoms with Gasteiger partial charge in [0.15, 0.2) is 0 Å². The van der Waals surface area contributed by atoms with E-state index >= 15 is 0 Å². The summed E-state index contributed by atoms with van der Waals surface area (Å²) in [6, 6.07) is 0.0876. The van der Waals surface area contributed by atoms with E-state index in [1.807, 2.05) is 0 Å². The molecule has 2 N–H and O–H groups in total. The monoisotopic (exact) mass is 306 g/mol. The first-order valence-electron chi connectivity index (χ1n) is 6.83. The van der Waals surface area contributed by atoms with Gasteiger partial charge < -0.3 is 4.74 Å². The minimum absolute atomic E-state index is 0.0811. The average molecular weight is 306 g/mol. The summed E-state index contributed by atoms with van der Waals surface area (Å²) in [7, 11) is 0. The van der Waals surface area contributed by atoms with Crippen LogP contribution >= 0.6 is 0 Å². The van der Waals surface area contributed by atoms with E-state index in [9.17, 15) is 18.0 Å². The van der Waals surface area contributed by atoms with Gasteiger partial charge in [0.2, 0.25) is 11.9 Å². The predicted octanol–water partition coefficient (Wildman–Crippen LogP) is 2.51. The van der Waals surface area contributed by atoms with Crippen molar-refractivity contribution in [3.63, 3.8) is 0 Å². The molecule has 1 aromatic rings. The number of carbonyl (C=O) groups excluding carboxylic acids is 1. The second kappa shape index (κ2) is 6.31. The van der Waals surface area contributed by atoms with Gasteiger partial charge in [0.1, 0.15) is 0 Å². The molecule has 21 heavy (non-hydrogen) atoms. The van der Waals surface area contributed by atoms with Gasteiger partial charge in [-0.3, -0.25) is 10.1 Å². The molecule has 9 heteroatoms. The van der Waals surface area contributed by atoms with Crippen molar-refractivity contribution in [2.24, 2.45) is 11.8 Å². The summed E-state index contributed by atoms with van der Waals surface area (Å²) < 4.78 is 43.2. The number of ether oxygens (including phenoxy) is 1. The van der Waals surface area contributed by atoms with Crippen LogP contribution in [0.15, 0.2) is 0 Å². The van der Waals surface area contributed by atoms with Crippen LogP contribution in [0.3, 0.4) is 0 Å². The van der Waals surface area contributed by atoms with Crippen LogP contribution in [0.1, 0.15) is 32.6 Å². The van der Waals surface area contributed by atoms with Crippen molar-refractivity contribution in [2.75, 3.05) is 11.9 Å². The van der Waals surface area contributed by atoms with Gasteiger partial charge in [0, 0.05) is 5.92 Å². The van der Waals surface area contributed by atoms with Crippen LogP contribution in [0.5, 0.6) is 6.01 Å². The number of carbonyl (C=O) groups is 1. The van der Waals surface area contributed by atoms with E-state index in [-0.39, 0.29) is 24.8 Å². The third-order valence-electron chi connectivity index (χ3n) is 3.49. The smallest absolute Gasteiger partial charge is 0.391 e. The number of aromatic amines is 1. The number of aromatic nitrogens is 3. The zero-order valence-electron chi connectivity index (χ0n) is 11.5. The minimum Gasteiger partial charge on any atom is -0.463 e. The number of H-pyrrole nitrogens is 1. The third kappa shape index (κ3) is 4.08. The molecule has 1 aromatic heterocycles. The van der Waals surface area contributed by atoms with Crippen molar-refractivity contribution >= 4 is 11.9 Å². The Morgan fingerprint density at radius 1 is 1.48 bits per heavy atom. The van der Waals surface area contributed by atoms with Gasteiger partial charge in [-0.1, -0.05) is 6.42 Å². The van der Waals surface area contributed by atoms with E-state index in [1.165, 1.54) is 0 Å². The molecule has 1 amide bonds. The minimum atomic E-state index is -4.24. The molecule has 6 nitrogen and oxygen atoms in total. The van der Waals surface area contributed by atoms with Gasteiger partial charge in [-0.2, -0.15) is 18.2 Å². The first-order valence-corrected chi connectivity index (χ1v) is 6.83. The highest BCUT2D eigenvalue weighted by atomic mass is 19.4. The SMILES string of the molecule is CCOc1n[nH]c(NC(=O)C2CCCC(C(F)(F)F)C2)n1. The Kier molecular flexibility index (Phi) is 4.69. The second-order valence-electron chi connectivity index (χ2n) is 4.99. The van der Waals surface area contributed by atoms with Crippen LogP contribution in [0, 0.1) is 11.8 Å². The number of halogens is 3. The highest BCUT2D eigenvalue weighted by Gasteiger charge is 2.43. The number of amides is 1. The molecule has 1 aliphatic rings. The number of hydrogen-bond acceptors (Lipinski definition) is 4. The van der Waals surface area contributed by atoms with Gasteiger partial charge in [0.05, 0.1) is 12.5 Å². The molecule has 1 saturated carbocycles. The van der Waals surface area contributed by atoms with E-state index in [1.54, 1.807) is 6.92 Å². The Labute approximate surface area is 119 Å². The predicted molar refractivity (Wildman–Crippen MR) is 67.7 cm³/mol. The zero-order valence-corrected chi connectivity index (χ0v) is 11.5. The van der Waals surface area contributed by atoms with Crippen LogP contribution in [0.4, 0.5) is 19.1 Å². The van der Waals surface area contributed by atoms with E-state index in [0.29, 0.717) is 19.4 Å². The molecule has 0 bridgehead atoms. The summed E-state index contributed by atoms with van der Waals surface area (Å²) in [5.41, 5.74) is 0. The summed E-state index contributed by atoms with van der Waals surface area (Å²) in [5.74, 6) is -2.46. The summed E-state index contributed by atoms with van der Waals surface area (Å²) in [5, 5.41) is 8.61. The molecule has 0 aromatic carbocycles. The topological polar surface area (TPSA) is 79.9 Å². The number of hydrogen-bond donors (Lipinski definition) is 2. The maximum Gasteiger partial charge on any atom is 0.391 e. The second-order valence-corrected chi connectivity index (χ2v) is 4.99. The highest BCUT2D eigenvalue weighted by molar-refractivity contribution is 5.90. The number of rotatable bonds is 4. The fourth-order valence-electron chi connectivity index (χ4n) is 2.44. The molecule has 1 heterocycles. The summed E-state index contributed by atoms with van der Waals surface area (Å²) >= 11 is 0. The lowest BCUT2D eigenvalue weighted by Crippen LogP contribution is -2.34. The molecular weight excluding hydrogens is 289 g/mol. The standard InChI is InChI=1S/C12H17F3N4O2/c1-2-21-11-17-10(18-19-11)16-9(20)7-4-3-5-8(6-7)12(13,14)15/h7-8H,2-6H2,1H3,(H2,16,17,18,19,20). The first-order chi connectivity index (χ1) is 9.90. The Balaban J connectivity index is 1.93. The fourth-order valence-corrected chi connectivity index (χ4v) is 2.44. The number of alkyl halides is 3. The molecule has 2 atom stereocenters. The van der Waals surface area contributed by atoms with Crippen molar-refractivity contribution in [2.45, 2.75) is 38.8 Å². The van der Waals surface area contributed by atoms with Gasteiger partial charge >= 0.3 is 12.2 Å². The average Bonchev–Trinajstić information content (AvgIpc) is 2.86. The number of anilines is 1. The quantitative estimate of drug-likeness (QED) is 0.895. The molecule has 1 aliphatic carbocycles. The Hall–Kier alpha value is -1.80. The van der Waals surface area contributed by atoms with Crippen LogP contribution in [-0.4, -0.2) is 33.9 Å². The molecule has 1 fully saturated rings. The van der Waals surface area contributed by atoms with Crippen LogP contribution < -0.4 is 10.1 Å². The van der Waals surface area contributed by atoms with Gasteiger partial charge in [-0.25, -0.2) is 5.10 Å². The van der Waals surface area contributed by atoms with E-state index in [0.717, 1.165) is 0 Å². The maximum absolute atomic E-state index is 12.7. The molecule has 2 rings (SSSR count). The van der Waals surface area contributed by atoms with Crippen molar-refractivity contribution in [1.82, 2.24) is 15.2 Å². The van der Waals surface area contributed by atoms with E-state index in [2.05, 4.69) is 20.5 Å². The number of nitrogens with zero attached hydrogens (tertiary/aromatic N) is 2. The molecule has 118 valence electrons. The van der Waals surface area contributed by atoms with E-state index in [4.69, 9.17) is 4.74 Å². The third-order valence-corrected chi connectivity index (χ3v) is 3.49. The molecule has 0 saturated heterocycles. The highest BCUT2D eigenvalue weighted by Crippen LogP contribution is 2.40.